The minimum Gasteiger partial charge on any atom is -0.352 e. The topological polar surface area (TPSA) is 61.4 Å². The van der Waals surface area contributed by atoms with Crippen LogP contribution in [0, 0.1) is 0 Å². The highest BCUT2D eigenvalue weighted by Crippen LogP contribution is 2.20. The number of carbonyl (C=O) groups is 2. The van der Waals surface area contributed by atoms with Crippen LogP contribution < -0.4 is 15.5 Å². The van der Waals surface area contributed by atoms with Crippen molar-refractivity contribution in [1.82, 2.24) is 10.6 Å². The van der Waals surface area contributed by atoms with Gasteiger partial charge in [-0.3, -0.25) is 14.9 Å². The summed E-state index contributed by atoms with van der Waals surface area (Å²) in [6.07, 6.45) is 0.733. The highest BCUT2D eigenvalue weighted by Gasteiger charge is 2.19. The molecule has 2 amide bonds. The Labute approximate surface area is 192 Å². The summed E-state index contributed by atoms with van der Waals surface area (Å²) in [6.45, 7) is 0.509. The molecule has 0 saturated heterocycles. The molecule has 0 fully saturated rings. The Hall–Kier alpha value is -3.22. The fraction of sp³-hybridized carbons (Fsp3) is 0.125. The van der Waals surface area contributed by atoms with Gasteiger partial charge in [0, 0.05) is 13.6 Å². The molecule has 31 heavy (non-hydrogen) atoms. The van der Waals surface area contributed by atoms with E-state index in [9.17, 15) is 9.59 Å². The molecular weight excluding hydrogens is 430 g/mol. The quantitative estimate of drug-likeness (QED) is 0.543. The van der Waals surface area contributed by atoms with Crippen LogP contribution in [0.1, 0.15) is 26.3 Å². The Kier molecular flexibility index (Phi) is 7.76. The van der Waals surface area contributed by atoms with Crippen molar-refractivity contribution in [2.45, 2.75) is 6.42 Å². The van der Waals surface area contributed by atoms with E-state index in [0.29, 0.717) is 28.4 Å². The summed E-state index contributed by atoms with van der Waals surface area (Å²) in [7, 11) is 1.70. The van der Waals surface area contributed by atoms with Crippen molar-refractivity contribution in [3.63, 3.8) is 0 Å². The number of halogens is 1. The lowest BCUT2D eigenvalue weighted by Gasteiger charge is -2.23. The predicted octanol–water partition coefficient (Wildman–Crippen LogP) is 4.46. The number of carbonyl (C=O) groups excluding carboxylic acids is 2. The molecule has 0 aliphatic carbocycles. The van der Waals surface area contributed by atoms with E-state index in [-0.39, 0.29) is 11.0 Å². The molecule has 0 radical (unpaired) electrons. The summed E-state index contributed by atoms with van der Waals surface area (Å²) < 4.78 is 0. The molecule has 158 valence electrons. The molecule has 0 spiro atoms. The van der Waals surface area contributed by atoms with E-state index in [1.54, 1.807) is 54.4 Å². The van der Waals surface area contributed by atoms with Crippen molar-refractivity contribution >= 4 is 46.4 Å². The smallest absolute Gasteiger partial charge is 0.258 e. The highest BCUT2D eigenvalue weighted by atomic mass is 35.5. The van der Waals surface area contributed by atoms with Gasteiger partial charge in [-0.1, -0.05) is 66.2 Å². The zero-order valence-electron chi connectivity index (χ0n) is 17.0. The van der Waals surface area contributed by atoms with Crippen LogP contribution in [0.15, 0.2) is 78.9 Å². The molecule has 3 aromatic rings. The molecule has 3 rings (SSSR count). The predicted molar refractivity (Wildman–Crippen MR) is 129 cm³/mol. The Balaban J connectivity index is 1.66. The van der Waals surface area contributed by atoms with Gasteiger partial charge in [-0.05, 0) is 48.5 Å². The number of nitrogens with zero attached hydrogens (tertiary/aromatic N) is 1. The van der Waals surface area contributed by atoms with Crippen LogP contribution >= 0.6 is 23.8 Å². The van der Waals surface area contributed by atoms with Crippen molar-refractivity contribution in [3.05, 3.63) is 101 Å². The highest BCUT2D eigenvalue weighted by molar-refractivity contribution is 7.80. The Morgan fingerprint density at radius 3 is 2.19 bits per heavy atom. The molecule has 0 saturated carbocycles. The van der Waals surface area contributed by atoms with Gasteiger partial charge in [0.1, 0.15) is 0 Å². The molecule has 0 aromatic heterocycles. The third kappa shape index (κ3) is 5.90. The maximum Gasteiger partial charge on any atom is 0.258 e. The van der Waals surface area contributed by atoms with E-state index in [0.717, 1.165) is 12.0 Å². The summed E-state index contributed by atoms with van der Waals surface area (Å²) in [5, 5.41) is 6.11. The van der Waals surface area contributed by atoms with Crippen LogP contribution in [0.4, 0.5) is 5.69 Å². The molecule has 0 aliphatic heterocycles. The SMILES string of the molecule is CN(C(=S)NC(=O)c1ccccc1Cl)c1ccccc1C(=O)NCCc1ccccc1. The molecule has 7 heteroatoms. The van der Waals surface area contributed by atoms with Gasteiger partial charge in [-0.15, -0.1) is 0 Å². The van der Waals surface area contributed by atoms with Crippen molar-refractivity contribution < 1.29 is 9.59 Å². The lowest BCUT2D eigenvalue weighted by atomic mass is 10.1. The first-order valence-electron chi connectivity index (χ1n) is 9.72. The molecule has 2 N–H and O–H groups in total. The van der Waals surface area contributed by atoms with Crippen molar-refractivity contribution in [3.8, 4) is 0 Å². The molecule has 0 heterocycles. The van der Waals surface area contributed by atoms with Gasteiger partial charge >= 0.3 is 0 Å². The first-order valence-corrected chi connectivity index (χ1v) is 10.5. The second kappa shape index (κ2) is 10.7. The van der Waals surface area contributed by atoms with Crippen LogP contribution in [-0.4, -0.2) is 30.5 Å². The van der Waals surface area contributed by atoms with E-state index < -0.39 is 5.91 Å². The summed E-state index contributed by atoms with van der Waals surface area (Å²) in [6, 6.07) is 23.8. The Bertz CT molecular complexity index is 1090. The molecule has 0 bridgehead atoms. The minimum atomic E-state index is -0.410. The van der Waals surface area contributed by atoms with Crippen molar-refractivity contribution in [2.75, 3.05) is 18.5 Å². The van der Waals surface area contributed by atoms with E-state index in [2.05, 4.69) is 10.6 Å². The average molecular weight is 452 g/mol. The first-order chi connectivity index (χ1) is 15.0. The number of benzene rings is 3. The third-order valence-corrected chi connectivity index (χ3v) is 5.40. The monoisotopic (exact) mass is 451 g/mol. The summed E-state index contributed by atoms with van der Waals surface area (Å²) >= 11 is 11.5. The standard InChI is InChI=1S/C24H22ClN3O2S/c1-28(24(31)27-23(30)18-11-5-7-13-20(18)25)21-14-8-6-12-19(21)22(29)26-16-15-17-9-3-2-4-10-17/h2-14H,15-16H2,1H3,(H,26,29)(H,27,30,31). The average Bonchev–Trinajstić information content (AvgIpc) is 2.79. The Morgan fingerprint density at radius 2 is 1.48 bits per heavy atom. The minimum absolute atomic E-state index is 0.162. The van der Waals surface area contributed by atoms with Gasteiger partial charge in [0.15, 0.2) is 5.11 Å². The summed E-state index contributed by atoms with van der Waals surface area (Å²) in [4.78, 5) is 26.9. The number of nitrogens with one attached hydrogen (secondary N) is 2. The van der Waals surface area contributed by atoms with Crippen molar-refractivity contribution in [1.29, 1.82) is 0 Å². The fourth-order valence-electron chi connectivity index (χ4n) is 3.02. The number of anilines is 1. The van der Waals surface area contributed by atoms with Gasteiger partial charge in [0.2, 0.25) is 0 Å². The number of thiocarbonyl (C=S) groups is 1. The van der Waals surface area contributed by atoms with Crippen LogP contribution in [-0.2, 0) is 6.42 Å². The second-order valence-corrected chi connectivity index (χ2v) is 7.60. The zero-order valence-corrected chi connectivity index (χ0v) is 18.5. The summed E-state index contributed by atoms with van der Waals surface area (Å²) in [5.41, 5.74) is 2.53. The van der Waals surface area contributed by atoms with Crippen LogP contribution in [0.3, 0.4) is 0 Å². The molecule has 0 aliphatic rings. The zero-order chi connectivity index (χ0) is 22.2. The van der Waals surface area contributed by atoms with Gasteiger partial charge in [-0.2, -0.15) is 0 Å². The van der Waals surface area contributed by atoms with Crippen molar-refractivity contribution in [2.24, 2.45) is 0 Å². The van der Waals surface area contributed by atoms with Gasteiger partial charge < -0.3 is 10.2 Å². The number of amides is 2. The Morgan fingerprint density at radius 1 is 0.871 bits per heavy atom. The fourth-order valence-corrected chi connectivity index (χ4v) is 3.43. The molecule has 3 aromatic carbocycles. The van der Waals surface area contributed by atoms with E-state index in [1.807, 2.05) is 36.4 Å². The number of hydrogen-bond acceptors (Lipinski definition) is 3. The number of para-hydroxylation sites is 1. The second-order valence-electron chi connectivity index (χ2n) is 6.81. The molecule has 0 atom stereocenters. The maximum absolute atomic E-state index is 12.8. The number of hydrogen-bond donors (Lipinski definition) is 2. The van der Waals surface area contributed by atoms with E-state index in [4.69, 9.17) is 23.8 Å². The molecule has 0 unspecified atom stereocenters. The lowest BCUT2D eigenvalue weighted by Crippen LogP contribution is -2.41. The van der Waals surface area contributed by atoms with Gasteiger partial charge in [-0.25, -0.2) is 0 Å². The lowest BCUT2D eigenvalue weighted by molar-refractivity contribution is 0.0952. The maximum atomic E-state index is 12.8. The van der Waals surface area contributed by atoms with Gasteiger partial charge in [0.25, 0.3) is 11.8 Å². The van der Waals surface area contributed by atoms with Crippen LogP contribution in [0.5, 0.6) is 0 Å². The van der Waals surface area contributed by atoms with Crippen LogP contribution in [0.2, 0.25) is 5.02 Å². The van der Waals surface area contributed by atoms with Crippen LogP contribution in [0.25, 0.3) is 0 Å². The first kappa shape index (κ1) is 22.5. The normalized spacial score (nSPS) is 10.3. The largest absolute Gasteiger partial charge is 0.352 e. The number of rotatable bonds is 6. The molecular formula is C24H22ClN3O2S. The van der Waals surface area contributed by atoms with E-state index >= 15 is 0 Å². The summed E-state index contributed by atoms with van der Waals surface area (Å²) in [5.74, 6) is -0.620. The molecule has 5 nitrogen and oxygen atoms in total. The van der Waals surface area contributed by atoms with Gasteiger partial charge in [0.05, 0.1) is 21.8 Å². The van der Waals surface area contributed by atoms with E-state index in [1.165, 1.54) is 0 Å². The third-order valence-electron chi connectivity index (χ3n) is 4.70.